The molecule has 21 heavy (non-hydrogen) atoms. The summed E-state index contributed by atoms with van der Waals surface area (Å²) in [6.45, 7) is 2.02. The van der Waals surface area contributed by atoms with Crippen molar-refractivity contribution in [2.24, 2.45) is 0 Å². The fourth-order valence-corrected chi connectivity index (χ4v) is 2.93. The summed E-state index contributed by atoms with van der Waals surface area (Å²) in [4.78, 5) is 0. The minimum Gasteiger partial charge on any atom is -0.458 e. The molecule has 2 heteroatoms. The Hall–Kier alpha value is -2.06. The van der Waals surface area contributed by atoms with Gasteiger partial charge in [0.05, 0.1) is 0 Å². The second-order valence-electron chi connectivity index (χ2n) is 5.99. The molecule has 0 aliphatic heterocycles. The predicted octanol–water partition coefficient (Wildman–Crippen LogP) is 4.70. The van der Waals surface area contributed by atoms with E-state index in [1.54, 1.807) is 0 Å². The molecule has 1 heterocycles. The van der Waals surface area contributed by atoms with E-state index >= 15 is 0 Å². The fourth-order valence-electron chi connectivity index (χ4n) is 2.93. The Kier molecular flexibility index (Phi) is 2.86. The molecule has 1 atom stereocenters. The highest BCUT2D eigenvalue weighted by Gasteiger charge is 2.24. The average Bonchev–Trinajstić information content (AvgIpc) is 3.26. The van der Waals surface area contributed by atoms with Crippen LogP contribution >= 0.6 is 0 Å². The first kappa shape index (κ1) is 12.7. The molecule has 3 aromatic rings. The molecule has 2 nitrogen and oxygen atoms in total. The molecule has 4 rings (SSSR count). The van der Waals surface area contributed by atoms with E-state index in [1.165, 1.54) is 18.4 Å². The number of benzene rings is 2. The number of hydrogen-bond donors (Lipinski definition) is 1. The molecule has 0 amide bonds. The zero-order valence-corrected chi connectivity index (χ0v) is 12.0. The average molecular weight is 278 g/mol. The number of furan rings is 1. The summed E-state index contributed by atoms with van der Waals surface area (Å²) in [5.41, 5.74) is 4.21. The summed E-state index contributed by atoms with van der Waals surface area (Å²) >= 11 is 0. The van der Waals surface area contributed by atoms with Gasteiger partial charge in [-0.2, -0.15) is 0 Å². The lowest BCUT2D eigenvalue weighted by atomic mass is 10.0. The Labute approximate surface area is 124 Å². The highest BCUT2D eigenvalue weighted by atomic mass is 16.4. The third-order valence-electron chi connectivity index (χ3n) is 4.30. The molecule has 1 aromatic heterocycles. The molecule has 1 saturated carbocycles. The number of rotatable bonds is 3. The zero-order valence-electron chi connectivity index (χ0n) is 12.0. The molecule has 0 radical (unpaired) electrons. The van der Waals surface area contributed by atoms with E-state index in [-0.39, 0.29) is 0 Å². The standard InChI is InChI=1S/C19H18O2/c1-12-4-2-7-16-11-17(21-19(12)16)18(20)15-6-3-5-14(10-15)13-8-9-13/h2-7,10-11,13,18,20H,8-9H2,1H3. The van der Waals surface area contributed by atoms with Crippen molar-refractivity contribution in [3.05, 3.63) is 71.0 Å². The van der Waals surface area contributed by atoms with Crippen molar-refractivity contribution in [1.29, 1.82) is 0 Å². The van der Waals surface area contributed by atoms with Crippen LogP contribution in [0.25, 0.3) is 11.0 Å². The minimum absolute atomic E-state index is 0.618. The van der Waals surface area contributed by atoms with Gasteiger partial charge in [-0.1, -0.05) is 42.5 Å². The number of para-hydroxylation sites is 1. The monoisotopic (exact) mass is 278 g/mol. The number of aliphatic hydroxyl groups excluding tert-OH is 1. The summed E-state index contributed by atoms with van der Waals surface area (Å²) in [5, 5.41) is 11.7. The van der Waals surface area contributed by atoms with Crippen molar-refractivity contribution < 1.29 is 9.52 Å². The lowest BCUT2D eigenvalue weighted by molar-refractivity contribution is 0.192. The Balaban J connectivity index is 1.73. The maximum atomic E-state index is 10.6. The topological polar surface area (TPSA) is 33.4 Å². The van der Waals surface area contributed by atoms with Gasteiger partial charge in [-0.05, 0) is 48.4 Å². The van der Waals surface area contributed by atoms with Crippen LogP contribution in [0.2, 0.25) is 0 Å². The normalized spacial score (nSPS) is 16.3. The van der Waals surface area contributed by atoms with Gasteiger partial charge in [-0.3, -0.25) is 0 Å². The first-order valence-corrected chi connectivity index (χ1v) is 7.49. The van der Waals surface area contributed by atoms with E-state index in [0.717, 1.165) is 22.1 Å². The molecule has 106 valence electrons. The van der Waals surface area contributed by atoms with Crippen molar-refractivity contribution >= 4 is 11.0 Å². The summed E-state index contributed by atoms with van der Waals surface area (Å²) in [6, 6.07) is 16.3. The van der Waals surface area contributed by atoms with E-state index in [2.05, 4.69) is 12.1 Å². The lowest BCUT2D eigenvalue weighted by Gasteiger charge is -2.09. The van der Waals surface area contributed by atoms with Crippen molar-refractivity contribution in [3.8, 4) is 0 Å². The van der Waals surface area contributed by atoms with Gasteiger partial charge in [0.2, 0.25) is 0 Å². The molecule has 0 bridgehead atoms. The van der Waals surface area contributed by atoms with Crippen LogP contribution in [0.3, 0.4) is 0 Å². The van der Waals surface area contributed by atoms with E-state index in [1.807, 2.05) is 43.3 Å². The van der Waals surface area contributed by atoms with Gasteiger partial charge in [0, 0.05) is 5.39 Å². The van der Waals surface area contributed by atoms with Crippen molar-refractivity contribution in [2.45, 2.75) is 31.8 Å². The second-order valence-corrected chi connectivity index (χ2v) is 5.99. The Bertz CT molecular complexity index is 796. The first-order valence-electron chi connectivity index (χ1n) is 7.49. The Morgan fingerprint density at radius 3 is 2.67 bits per heavy atom. The molecule has 1 aliphatic carbocycles. The molecular formula is C19H18O2. The quantitative estimate of drug-likeness (QED) is 0.753. The molecule has 1 N–H and O–H groups in total. The highest BCUT2D eigenvalue weighted by molar-refractivity contribution is 5.81. The number of hydrogen-bond acceptors (Lipinski definition) is 2. The van der Waals surface area contributed by atoms with E-state index < -0.39 is 6.10 Å². The molecular weight excluding hydrogens is 260 g/mol. The van der Waals surface area contributed by atoms with Crippen molar-refractivity contribution in [1.82, 2.24) is 0 Å². The van der Waals surface area contributed by atoms with Gasteiger partial charge in [0.15, 0.2) is 0 Å². The largest absolute Gasteiger partial charge is 0.458 e. The third-order valence-corrected chi connectivity index (χ3v) is 4.30. The van der Waals surface area contributed by atoms with Gasteiger partial charge < -0.3 is 9.52 Å². The van der Waals surface area contributed by atoms with Crippen LogP contribution in [0.5, 0.6) is 0 Å². The second kappa shape index (κ2) is 4.74. The van der Waals surface area contributed by atoms with Crippen LogP contribution in [0.4, 0.5) is 0 Å². The molecule has 1 fully saturated rings. The van der Waals surface area contributed by atoms with E-state index in [0.29, 0.717) is 11.7 Å². The Morgan fingerprint density at radius 2 is 1.90 bits per heavy atom. The van der Waals surface area contributed by atoms with E-state index in [4.69, 9.17) is 4.42 Å². The van der Waals surface area contributed by atoms with Gasteiger partial charge in [0.25, 0.3) is 0 Å². The number of aliphatic hydroxyl groups is 1. The third kappa shape index (κ3) is 2.26. The van der Waals surface area contributed by atoms with Crippen LogP contribution in [-0.2, 0) is 0 Å². The summed E-state index contributed by atoms with van der Waals surface area (Å²) in [6.07, 6.45) is 1.84. The maximum Gasteiger partial charge on any atom is 0.138 e. The van der Waals surface area contributed by atoms with Crippen LogP contribution in [0, 0.1) is 6.92 Å². The van der Waals surface area contributed by atoms with Gasteiger partial charge in [-0.15, -0.1) is 0 Å². The molecule has 1 aliphatic rings. The first-order chi connectivity index (χ1) is 10.2. The van der Waals surface area contributed by atoms with Crippen LogP contribution in [0.1, 0.15) is 47.3 Å². The zero-order chi connectivity index (χ0) is 14.4. The van der Waals surface area contributed by atoms with Gasteiger partial charge >= 0.3 is 0 Å². The van der Waals surface area contributed by atoms with Crippen LogP contribution in [-0.4, -0.2) is 5.11 Å². The molecule has 1 unspecified atom stereocenters. The summed E-state index contributed by atoms with van der Waals surface area (Å²) in [5.74, 6) is 1.31. The van der Waals surface area contributed by atoms with Crippen molar-refractivity contribution in [2.75, 3.05) is 0 Å². The minimum atomic E-state index is -0.699. The van der Waals surface area contributed by atoms with E-state index in [9.17, 15) is 5.11 Å². The maximum absolute atomic E-state index is 10.6. The summed E-state index contributed by atoms with van der Waals surface area (Å²) in [7, 11) is 0. The van der Waals surface area contributed by atoms with Crippen molar-refractivity contribution in [3.63, 3.8) is 0 Å². The molecule has 0 spiro atoms. The van der Waals surface area contributed by atoms with Crippen LogP contribution in [0.15, 0.2) is 52.9 Å². The molecule has 2 aromatic carbocycles. The summed E-state index contributed by atoms with van der Waals surface area (Å²) < 4.78 is 5.88. The number of fused-ring (bicyclic) bond motifs is 1. The smallest absolute Gasteiger partial charge is 0.138 e. The lowest BCUT2D eigenvalue weighted by Crippen LogP contribution is -1.98. The highest BCUT2D eigenvalue weighted by Crippen LogP contribution is 2.41. The van der Waals surface area contributed by atoms with Crippen LogP contribution < -0.4 is 0 Å². The molecule has 0 saturated heterocycles. The SMILES string of the molecule is Cc1cccc2cc(C(O)c3cccc(C4CC4)c3)oc12. The van der Waals surface area contributed by atoms with Gasteiger partial charge in [0.1, 0.15) is 17.4 Å². The van der Waals surface area contributed by atoms with Gasteiger partial charge in [-0.25, -0.2) is 0 Å². The Morgan fingerprint density at radius 1 is 1.10 bits per heavy atom. The predicted molar refractivity (Wildman–Crippen MR) is 83.4 cm³/mol. The fraction of sp³-hybridized carbons (Fsp3) is 0.263. The number of aryl methyl sites for hydroxylation is 1.